The van der Waals surface area contributed by atoms with E-state index in [-0.39, 0.29) is 12.5 Å². The summed E-state index contributed by atoms with van der Waals surface area (Å²) in [5.74, 6) is -0.208. The second kappa shape index (κ2) is 51.8. The number of carbonyl (C=O) groups excluding carboxylic acids is 1. The van der Waals surface area contributed by atoms with Gasteiger partial charge in [0, 0.05) is 6.42 Å². The van der Waals surface area contributed by atoms with Gasteiger partial charge < -0.3 is 28.8 Å². The van der Waals surface area contributed by atoms with Crippen LogP contribution >= 0.6 is 7.82 Å². The van der Waals surface area contributed by atoms with E-state index in [1.807, 2.05) is 27.2 Å². The normalized spacial score (nSPS) is 14.4. The van der Waals surface area contributed by atoms with E-state index in [0.29, 0.717) is 17.4 Å². The van der Waals surface area contributed by atoms with Crippen LogP contribution in [0.4, 0.5) is 0 Å². The van der Waals surface area contributed by atoms with E-state index >= 15 is 0 Å². The van der Waals surface area contributed by atoms with E-state index in [4.69, 9.17) is 9.05 Å². The largest absolute Gasteiger partial charge is 0.756 e. The summed E-state index contributed by atoms with van der Waals surface area (Å²) in [6.07, 6.45) is 71.2. The van der Waals surface area contributed by atoms with Gasteiger partial charge in [0.2, 0.25) is 5.91 Å². The number of allylic oxidation sites excluding steroid dienone is 11. The number of quaternary nitrogens is 1. The van der Waals surface area contributed by atoms with Crippen molar-refractivity contribution in [2.75, 3.05) is 40.9 Å². The fraction of sp³-hybridized carbons (Fsp3) is 0.787. The number of amides is 1. The molecular formula is C61H113N2O6P. The first-order valence-corrected chi connectivity index (χ1v) is 30.8. The third-order valence-electron chi connectivity index (χ3n) is 12.9. The quantitative estimate of drug-likeness (QED) is 0.0272. The predicted molar refractivity (Wildman–Crippen MR) is 302 cm³/mol. The van der Waals surface area contributed by atoms with Crippen molar-refractivity contribution in [3.05, 3.63) is 72.9 Å². The number of unbranched alkanes of at least 4 members (excludes halogenated alkanes) is 30. The molecule has 2 N–H and O–H groups in total. The van der Waals surface area contributed by atoms with Gasteiger partial charge in [0.25, 0.3) is 7.82 Å². The highest BCUT2D eigenvalue weighted by Crippen LogP contribution is 2.38. The number of carbonyl (C=O) groups is 1. The van der Waals surface area contributed by atoms with Crippen LogP contribution in [-0.2, 0) is 18.4 Å². The molecule has 3 unspecified atom stereocenters. The van der Waals surface area contributed by atoms with Gasteiger partial charge in [-0.1, -0.05) is 254 Å². The number of likely N-dealkylation sites (N-methyl/N-ethyl adjacent to an activating group) is 1. The third-order valence-corrected chi connectivity index (χ3v) is 13.9. The lowest BCUT2D eigenvalue weighted by Crippen LogP contribution is -2.45. The Kier molecular flexibility index (Phi) is 50.3. The van der Waals surface area contributed by atoms with E-state index in [0.717, 1.165) is 64.2 Å². The maximum absolute atomic E-state index is 13.0. The first-order chi connectivity index (χ1) is 34.0. The van der Waals surface area contributed by atoms with Crippen LogP contribution in [0.15, 0.2) is 72.9 Å². The van der Waals surface area contributed by atoms with Gasteiger partial charge >= 0.3 is 0 Å². The van der Waals surface area contributed by atoms with Crippen molar-refractivity contribution >= 4 is 13.7 Å². The van der Waals surface area contributed by atoms with Crippen molar-refractivity contribution in [3.63, 3.8) is 0 Å². The third kappa shape index (κ3) is 53.7. The van der Waals surface area contributed by atoms with Gasteiger partial charge in [0.1, 0.15) is 13.2 Å². The minimum absolute atomic E-state index is 0.00824. The molecule has 0 aromatic heterocycles. The van der Waals surface area contributed by atoms with Gasteiger partial charge in [-0.3, -0.25) is 9.36 Å². The van der Waals surface area contributed by atoms with Crippen molar-refractivity contribution in [2.24, 2.45) is 0 Å². The smallest absolute Gasteiger partial charge is 0.268 e. The minimum atomic E-state index is -4.61. The number of nitrogens with zero attached hydrogens (tertiary/aromatic N) is 1. The summed E-state index contributed by atoms with van der Waals surface area (Å²) in [6, 6.07) is -0.907. The molecule has 408 valence electrons. The Labute approximate surface area is 434 Å². The first kappa shape index (κ1) is 67.9. The molecule has 0 saturated heterocycles. The highest BCUT2D eigenvalue weighted by molar-refractivity contribution is 7.45. The molecule has 0 aliphatic heterocycles. The summed E-state index contributed by atoms with van der Waals surface area (Å²) >= 11 is 0. The summed E-state index contributed by atoms with van der Waals surface area (Å²) in [7, 11) is 1.24. The van der Waals surface area contributed by atoms with Gasteiger partial charge in [0.05, 0.1) is 39.9 Å². The van der Waals surface area contributed by atoms with Crippen molar-refractivity contribution < 1.29 is 32.9 Å². The van der Waals surface area contributed by atoms with Crippen molar-refractivity contribution in [1.82, 2.24) is 5.32 Å². The first-order valence-electron chi connectivity index (χ1n) is 29.3. The molecule has 3 atom stereocenters. The molecule has 0 spiro atoms. The van der Waals surface area contributed by atoms with E-state index in [9.17, 15) is 19.4 Å². The molecule has 0 saturated carbocycles. The summed E-state index contributed by atoms with van der Waals surface area (Å²) in [5.41, 5.74) is 0. The molecule has 0 aliphatic carbocycles. The van der Waals surface area contributed by atoms with Crippen LogP contribution in [0.3, 0.4) is 0 Å². The van der Waals surface area contributed by atoms with Crippen LogP contribution in [0, 0.1) is 0 Å². The van der Waals surface area contributed by atoms with Crippen LogP contribution in [0.25, 0.3) is 0 Å². The highest BCUT2D eigenvalue weighted by Gasteiger charge is 2.23. The number of hydrogen-bond acceptors (Lipinski definition) is 6. The van der Waals surface area contributed by atoms with Crippen LogP contribution in [0.1, 0.15) is 258 Å². The molecule has 0 bridgehead atoms. The molecular weight excluding hydrogens is 888 g/mol. The molecule has 0 heterocycles. The van der Waals surface area contributed by atoms with Gasteiger partial charge in [-0.15, -0.1) is 0 Å². The molecule has 0 aromatic rings. The van der Waals surface area contributed by atoms with Gasteiger partial charge in [-0.25, -0.2) is 0 Å². The van der Waals surface area contributed by atoms with Crippen molar-refractivity contribution in [3.8, 4) is 0 Å². The Bertz CT molecular complexity index is 1370. The Morgan fingerprint density at radius 1 is 0.514 bits per heavy atom. The molecule has 9 heteroatoms. The van der Waals surface area contributed by atoms with Gasteiger partial charge in [-0.2, -0.15) is 0 Å². The van der Waals surface area contributed by atoms with Crippen LogP contribution < -0.4 is 10.2 Å². The lowest BCUT2D eigenvalue weighted by Gasteiger charge is -2.29. The van der Waals surface area contributed by atoms with E-state index in [1.54, 1.807) is 6.08 Å². The van der Waals surface area contributed by atoms with E-state index < -0.39 is 26.6 Å². The number of rotatable bonds is 53. The van der Waals surface area contributed by atoms with Crippen LogP contribution in [0.5, 0.6) is 0 Å². The molecule has 70 heavy (non-hydrogen) atoms. The number of phosphoric acid groups is 1. The van der Waals surface area contributed by atoms with Crippen molar-refractivity contribution in [1.29, 1.82) is 0 Å². The second-order valence-corrected chi connectivity index (χ2v) is 22.4. The van der Waals surface area contributed by atoms with Crippen LogP contribution in [0.2, 0.25) is 0 Å². The lowest BCUT2D eigenvalue weighted by molar-refractivity contribution is -0.870. The van der Waals surface area contributed by atoms with Crippen LogP contribution in [-0.4, -0.2) is 68.5 Å². The Hall–Kier alpha value is -2.06. The maximum Gasteiger partial charge on any atom is 0.268 e. The topological polar surface area (TPSA) is 108 Å². The fourth-order valence-electron chi connectivity index (χ4n) is 8.34. The summed E-state index contributed by atoms with van der Waals surface area (Å²) < 4.78 is 23.3. The Balaban J connectivity index is 4.22. The standard InChI is InChI=1S/C61H113N2O6P/c1-6-8-10-12-14-16-18-20-22-24-26-28-29-30-31-32-33-35-37-39-41-43-45-47-49-51-53-55-61(65)62-59(58-69-70(66,67)68-57-56-63(3,4)5)60(64)54-52-50-48-46-44-42-40-38-36-34-27-25-23-21-19-17-15-13-11-9-7-2/h8,10,14,16,20,22,26,28,44,46,52,54,59-60,64H,6-7,9,11-13,15,17-19,21,23-25,27,29-43,45,47-51,53,55-58H2,1-5H3,(H-,62,65,66,67)/b10-8-,16-14-,22-20-,28-26-,46-44+,54-52+. The number of aliphatic hydroxyl groups is 1. The maximum atomic E-state index is 13.0. The number of nitrogens with one attached hydrogen (secondary N) is 1. The number of phosphoric ester groups is 1. The summed E-state index contributed by atoms with van der Waals surface area (Å²) in [4.78, 5) is 25.5. The Morgan fingerprint density at radius 3 is 1.33 bits per heavy atom. The highest BCUT2D eigenvalue weighted by atomic mass is 31.2. The second-order valence-electron chi connectivity index (χ2n) is 21.0. The zero-order valence-corrected chi connectivity index (χ0v) is 47.4. The zero-order chi connectivity index (χ0) is 51.3. The molecule has 0 fully saturated rings. The molecule has 0 aliphatic rings. The molecule has 8 nitrogen and oxygen atoms in total. The molecule has 0 rings (SSSR count). The summed E-state index contributed by atoms with van der Waals surface area (Å²) in [5, 5.41) is 13.9. The molecule has 0 radical (unpaired) electrons. The summed E-state index contributed by atoms with van der Waals surface area (Å²) in [6.45, 7) is 4.54. The van der Waals surface area contributed by atoms with Gasteiger partial charge in [0.15, 0.2) is 0 Å². The number of hydrogen-bond donors (Lipinski definition) is 2. The SMILES string of the molecule is CC/C=C\C/C=C\C/C=C\C/C=C\CCCCCCCCCCCCCCCCC(=O)NC(COP(=O)([O-])OCC[N+](C)(C)C)C(O)/C=C/CC/C=C/CCCCCCCCCCCCCCCCC. The fourth-order valence-corrected chi connectivity index (χ4v) is 9.06. The van der Waals surface area contributed by atoms with E-state index in [1.165, 1.54) is 173 Å². The number of aliphatic hydroxyl groups excluding tert-OH is 1. The Morgan fingerprint density at radius 2 is 0.886 bits per heavy atom. The average Bonchev–Trinajstić information content (AvgIpc) is 3.32. The van der Waals surface area contributed by atoms with Gasteiger partial charge in [-0.05, 0) is 70.6 Å². The molecule has 0 aromatic carbocycles. The zero-order valence-electron chi connectivity index (χ0n) is 46.5. The predicted octanol–water partition coefficient (Wildman–Crippen LogP) is 17.2. The monoisotopic (exact) mass is 1000 g/mol. The average molecular weight is 1000 g/mol. The van der Waals surface area contributed by atoms with E-state index in [2.05, 4.69) is 79.9 Å². The lowest BCUT2D eigenvalue weighted by atomic mass is 10.0. The van der Waals surface area contributed by atoms with Crippen molar-refractivity contribution in [2.45, 2.75) is 270 Å². The minimum Gasteiger partial charge on any atom is -0.756 e. The molecule has 1 amide bonds.